The fourth-order valence-corrected chi connectivity index (χ4v) is 1.71. The maximum atomic E-state index is 4.28. The second kappa shape index (κ2) is 2.62. The maximum absolute atomic E-state index is 4.28. The molecule has 2 rings (SSSR count). The van der Waals surface area contributed by atoms with Crippen LogP contribution in [0.15, 0.2) is 11.3 Å². The number of hydrogen-bond acceptors (Lipinski definition) is 1. The summed E-state index contributed by atoms with van der Waals surface area (Å²) in [7, 11) is 0. The van der Waals surface area contributed by atoms with Crippen molar-refractivity contribution in [2.24, 2.45) is 0 Å². The Morgan fingerprint density at radius 3 is 2.90 bits per heavy atom. The Balaban J connectivity index is 2.14. The van der Waals surface area contributed by atoms with Crippen molar-refractivity contribution in [3.8, 4) is 0 Å². The van der Waals surface area contributed by atoms with Crippen LogP contribution in [-0.4, -0.2) is 6.54 Å². The summed E-state index contributed by atoms with van der Waals surface area (Å²) in [6, 6.07) is 0. The van der Waals surface area contributed by atoms with Crippen LogP contribution in [0.5, 0.6) is 0 Å². The number of rotatable bonds is 0. The third kappa shape index (κ3) is 1.03. The zero-order valence-electron chi connectivity index (χ0n) is 6.19. The molecule has 10 heavy (non-hydrogen) atoms. The molecular weight excluding hydrogens is 124 g/mol. The van der Waals surface area contributed by atoms with E-state index in [1.807, 2.05) is 0 Å². The fourth-order valence-electron chi connectivity index (χ4n) is 1.71. The van der Waals surface area contributed by atoms with Crippen LogP contribution < -0.4 is 10.9 Å². The standard InChI is InChI=1S/C8H13N2/c1-2-4-8-7(3-1)5-6-9-10-8/h9H,1-6H2. The van der Waals surface area contributed by atoms with E-state index < -0.39 is 0 Å². The highest BCUT2D eigenvalue weighted by molar-refractivity contribution is 5.16. The molecule has 0 aromatic carbocycles. The molecule has 1 aliphatic heterocycles. The van der Waals surface area contributed by atoms with Gasteiger partial charge >= 0.3 is 0 Å². The molecule has 0 aromatic heterocycles. The van der Waals surface area contributed by atoms with E-state index in [9.17, 15) is 0 Å². The Hall–Kier alpha value is -0.500. The quantitative estimate of drug-likeness (QED) is 0.535. The summed E-state index contributed by atoms with van der Waals surface area (Å²) in [4.78, 5) is 0. The Morgan fingerprint density at radius 1 is 1.10 bits per heavy atom. The highest BCUT2D eigenvalue weighted by Gasteiger charge is 2.16. The SMILES string of the molecule is C1CCC2=C(C1)CCN[N]2. The Bertz CT molecular complexity index is 127. The van der Waals surface area contributed by atoms with Gasteiger partial charge in [-0.15, -0.1) is 0 Å². The summed E-state index contributed by atoms with van der Waals surface area (Å²) < 4.78 is 0. The van der Waals surface area contributed by atoms with E-state index in [1.54, 1.807) is 5.57 Å². The molecule has 0 fully saturated rings. The molecule has 1 radical (unpaired) electrons. The minimum absolute atomic E-state index is 1.05. The Labute approximate surface area is 61.7 Å². The van der Waals surface area contributed by atoms with Crippen LogP contribution in [0.1, 0.15) is 32.1 Å². The number of allylic oxidation sites excluding steroid dienone is 1. The van der Waals surface area contributed by atoms with Crippen LogP contribution in [-0.2, 0) is 0 Å². The van der Waals surface area contributed by atoms with E-state index in [0.717, 1.165) is 6.54 Å². The van der Waals surface area contributed by atoms with Gasteiger partial charge in [0.05, 0.1) is 5.70 Å². The maximum Gasteiger partial charge on any atom is 0.0540 e. The van der Waals surface area contributed by atoms with Crippen LogP contribution in [0.4, 0.5) is 0 Å². The van der Waals surface area contributed by atoms with Crippen molar-refractivity contribution < 1.29 is 0 Å². The number of nitrogens with one attached hydrogen (secondary N) is 1. The molecule has 2 aliphatic rings. The van der Waals surface area contributed by atoms with Gasteiger partial charge in [0.25, 0.3) is 0 Å². The van der Waals surface area contributed by atoms with Gasteiger partial charge in [0.2, 0.25) is 0 Å². The van der Waals surface area contributed by atoms with Gasteiger partial charge in [-0.3, -0.25) is 0 Å². The average molecular weight is 137 g/mol. The lowest BCUT2D eigenvalue weighted by Crippen LogP contribution is -2.32. The van der Waals surface area contributed by atoms with Crippen molar-refractivity contribution in [1.29, 1.82) is 0 Å². The zero-order chi connectivity index (χ0) is 6.81. The smallest absolute Gasteiger partial charge is 0.0540 e. The normalized spacial score (nSPS) is 25.6. The first kappa shape index (κ1) is 6.23. The van der Waals surface area contributed by atoms with E-state index in [2.05, 4.69) is 10.9 Å². The highest BCUT2D eigenvalue weighted by atomic mass is 15.4. The first-order valence-corrected chi connectivity index (χ1v) is 4.11. The molecule has 1 heterocycles. The first-order valence-electron chi connectivity index (χ1n) is 4.11. The van der Waals surface area contributed by atoms with Gasteiger partial charge in [-0.05, 0) is 37.7 Å². The minimum atomic E-state index is 1.05. The van der Waals surface area contributed by atoms with Gasteiger partial charge in [-0.1, -0.05) is 0 Å². The minimum Gasteiger partial charge on any atom is -0.213 e. The molecule has 2 nitrogen and oxygen atoms in total. The highest BCUT2D eigenvalue weighted by Crippen LogP contribution is 2.26. The summed E-state index contributed by atoms with van der Waals surface area (Å²) in [5, 5.41) is 0. The van der Waals surface area contributed by atoms with Crippen molar-refractivity contribution in [3.05, 3.63) is 11.3 Å². The second-order valence-corrected chi connectivity index (χ2v) is 3.03. The molecule has 0 saturated heterocycles. The van der Waals surface area contributed by atoms with Crippen molar-refractivity contribution in [2.75, 3.05) is 6.54 Å². The zero-order valence-corrected chi connectivity index (χ0v) is 6.19. The van der Waals surface area contributed by atoms with Gasteiger partial charge < -0.3 is 0 Å². The van der Waals surface area contributed by atoms with Gasteiger partial charge in [0, 0.05) is 6.54 Å². The third-order valence-corrected chi connectivity index (χ3v) is 2.30. The summed E-state index contributed by atoms with van der Waals surface area (Å²) in [5.74, 6) is 0. The van der Waals surface area contributed by atoms with Crippen LogP contribution in [0.3, 0.4) is 0 Å². The molecule has 1 aliphatic carbocycles. The topological polar surface area (TPSA) is 26.1 Å². The molecule has 0 atom stereocenters. The van der Waals surface area contributed by atoms with Crippen molar-refractivity contribution in [3.63, 3.8) is 0 Å². The predicted molar refractivity (Wildman–Crippen MR) is 40.2 cm³/mol. The van der Waals surface area contributed by atoms with E-state index in [-0.39, 0.29) is 0 Å². The van der Waals surface area contributed by atoms with E-state index >= 15 is 0 Å². The van der Waals surface area contributed by atoms with E-state index in [0.29, 0.717) is 0 Å². The van der Waals surface area contributed by atoms with Crippen LogP contribution in [0.25, 0.3) is 0 Å². The summed E-state index contributed by atoms with van der Waals surface area (Å²) in [5.41, 5.74) is 10.3. The molecule has 0 bridgehead atoms. The summed E-state index contributed by atoms with van der Waals surface area (Å²) in [6.07, 6.45) is 6.47. The second-order valence-electron chi connectivity index (χ2n) is 3.03. The van der Waals surface area contributed by atoms with E-state index in [4.69, 9.17) is 0 Å². The molecular formula is C8H13N2. The van der Waals surface area contributed by atoms with E-state index in [1.165, 1.54) is 37.8 Å². The lowest BCUT2D eigenvalue weighted by molar-refractivity contribution is 0.479. The van der Waals surface area contributed by atoms with Crippen LogP contribution in [0.2, 0.25) is 0 Å². The lowest BCUT2D eigenvalue weighted by Gasteiger charge is -2.24. The van der Waals surface area contributed by atoms with Crippen molar-refractivity contribution in [2.45, 2.75) is 32.1 Å². The fraction of sp³-hybridized carbons (Fsp3) is 0.750. The number of hydrogen-bond donors (Lipinski definition) is 1. The monoisotopic (exact) mass is 137 g/mol. The Kier molecular flexibility index (Phi) is 1.63. The summed E-state index contributed by atoms with van der Waals surface area (Å²) in [6.45, 7) is 1.05. The number of nitrogens with zero attached hydrogens (tertiary/aromatic N) is 1. The van der Waals surface area contributed by atoms with Crippen LogP contribution >= 0.6 is 0 Å². The molecule has 0 amide bonds. The molecule has 0 unspecified atom stereocenters. The lowest BCUT2D eigenvalue weighted by atomic mass is 9.93. The van der Waals surface area contributed by atoms with Gasteiger partial charge in [-0.2, -0.15) is 0 Å². The largest absolute Gasteiger partial charge is 0.213 e. The molecule has 0 saturated carbocycles. The van der Waals surface area contributed by atoms with Gasteiger partial charge in [0.1, 0.15) is 0 Å². The third-order valence-electron chi connectivity index (χ3n) is 2.30. The van der Waals surface area contributed by atoms with Crippen molar-refractivity contribution >= 4 is 0 Å². The van der Waals surface area contributed by atoms with Gasteiger partial charge in [0.15, 0.2) is 0 Å². The Morgan fingerprint density at radius 2 is 2.00 bits per heavy atom. The average Bonchev–Trinajstić information content (AvgIpc) is 2.05. The molecule has 55 valence electrons. The van der Waals surface area contributed by atoms with Crippen molar-refractivity contribution in [1.82, 2.24) is 10.9 Å². The van der Waals surface area contributed by atoms with Crippen LogP contribution in [0, 0.1) is 0 Å². The predicted octanol–water partition coefficient (Wildman–Crippen LogP) is 1.33. The molecule has 2 heteroatoms. The molecule has 0 spiro atoms. The summed E-state index contributed by atoms with van der Waals surface area (Å²) >= 11 is 0. The molecule has 1 N–H and O–H groups in total. The van der Waals surface area contributed by atoms with Gasteiger partial charge in [-0.25, -0.2) is 10.9 Å². The first-order chi connectivity index (χ1) is 4.97. The molecule has 0 aromatic rings.